The van der Waals surface area contributed by atoms with Crippen LogP contribution in [0.5, 0.6) is 0 Å². The molecule has 0 radical (unpaired) electrons. The van der Waals surface area contributed by atoms with Crippen LogP contribution in [-0.2, 0) is 0 Å². The van der Waals surface area contributed by atoms with E-state index in [2.05, 4.69) is 30.9 Å². The highest BCUT2D eigenvalue weighted by Gasteiger charge is 2.03. The van der Waals surface area contributed by atoms with E-state index in [-0.39, 0.29) is 0 Å². The molecule has 2 rings (SSSR count). The number of rotatable bonds is 1. The molecule has 0 aliphatic heterocycles. The molecule has 0 atom stereocenters. The average Bonchev–Trinajstić information content (AvgIpc) is 2.52. The van der Waals surface area contributed by atoms with Gasteiger partial charge in [0, 0.05) is 11.6 Å². The lowest BCUT2D eigenvalue weighted by atomic mass is 10.3. The van der Waals surface area contributed by atoms with Gasteiger partial charge in [0.15, 0.2) is 3.92 Å². The quantitative estimate of drug-likeness (QED) is 0.787. The van der Waals surface area contributed by atoms with Crippen molar-refractivity contribution in [2.75, 3.05) is 0 Å². The molecule has 0 aliphatic carbocycles. The second kappa shape index (κ2) is 3.51. The van der Waals surface area contributed by atoms with Gasteiger partial charge in [-0.1, -0.05) is 0 Å². The molecule has 13 heavy (non-hydrogen) atoms. The Labute approximate surface area is 88.0 Å². The minimum Gasteiger partial charge on any atom is -0.242 e. The number of halogens is 1. The first-order valence-corrected chi connectivity index (χ1v) is 5.34. The van der Waals surface area contributed by atoms with Crippen LogP contribution in [0.25, 0.3) is 11.4 Å². The van der Waals surface area contributed by atoms with Crippen LogP contribution in [0.2, 0.25) is 0 Å². The maximum Gasteiger partial charge on any atom is 0.159 e. The van der Waals surface area contributed by atoms with Crippen molar-refractivity contribution in [2.45, 2.75) is 6.92 Å². The molecule has 2 heterocycles. The molecule has 2 aromatic heterocycles. The number of aromatic nitrogens is 3. The van der Waals surface area contributed by atoms with Crippen LogP contribution in [0.4, 0.5) is 0 Å². The first kappa shape index (κ1) is 8.77. The normalized spacial score (nSPS) is 10.3. The van der Waals surface area contributed by atoms with Crippen molar-refractivity contribution in [3.8, 4) is 11.4 Å². The Morgan fingerprint density at radius 2 is 2.15 bits per heavy atom. The second-order valence-corrected chi connectivity index (χ2v) is 4.61. The number of thiazole rings is 1. The van der Waals surface area contributed by atoms with Crippen LogP contribution in [0, 0.1) is 6.92 Å². The van der Waals surface area contributed by atoms with Crippen LogP contribution < -0.4 is 0 Å². The minimum atomic E-state index is 0.765. The van der Waals surface area contributed by atoms with E-state index in [0.29, 0.717) is 0 Å². The van der Waals surface area contributed by atoms with E-state index in [4.69, 9.17) is 0 Å². The van der Waals surface area contributed by atoms with E-state index in [1.807, 2.05) is 18.4 Å². The van der Waals surface area contributed by atoms with Gasteiger partial charge in [-0.3, -0.25) is 0 Å². The topological polar surface area (TPSA) is 38.7 Å². The Kier molecular flexibility index (Phi) is 2.37. The predicted molar refractivity (Wildman–Crippen MR) is 55.6 cm³/mol. The van der Waals surface area contributed by atoms with Gasteiger partial charge in [-0.15, -0.1) is 11.3 Å². The lowest BCUT2D eigenvalue weighted by Gasteiger charge is -1.95. The van der Waals surface area contributed by atoms with E-state index in [0.717, 1.165) is 21.1 Å². The van der Waals surface area contributed by atoms with E-state index < -0.39 is 0 Å². The fourth-order valence-electron chi connectivity index (χ4n) is 0.968. The Balaban J connectivity index is 2.46. The molecule has 0 N–H and O–H groups in total. The standard InChI is InChI=1S/C8H6BrN3S/c1-5-10-3-2-6(11-5)7-4-13-8(9)12-7/h2-4H,1H3. The summed E-state index contributed by atoms with van der Waals surface area (Å²) in [5.41, 5.74) is 1.76. The van der Waals surface area contributed by atoms with Gasteiger partial charge in [0.25, 0.3) is 0 Å². The number of aryl methyl sites for hydroxylation is 1. The van der Waals surface area contributed by atoms with Crippen LogP contribution in [0.15, 0.2) is 21.6 Å². The molecule has 0 aromatic carbocycles. The monoisotopic (exact) mass is 255 g/mol. The van der Waals surface area contributed by atoms with Crippen molar-refractivity contribution in [1.29, 1.82) is 0 Å². The van der Waals surface area contributed by atoms with Crippen LogP contribution in [0.3, 0.4) is 0 Å². The molecule has 2 aromatic rings. The van der Waals surface area contributed by atoms with Gasteiger partial charge in [0.1, 0.15) is 11.5 Å². The summed E-state index contributed by atoms with van der Waals surface area (Å²) in [6.45, 7) is 1.87. The van der Waals surface area contributed by atoms with E-state index >= 15 is 0 Å². The molecular weight excluding hydrogens is 250 g/mol. The van der Waals surface area contributed by atoms with Crippen molar-refractivity contribution >= 4 is 27.3 Å². The van der Waals surface area contributed by atoms with Gasteiger partial charge in [-0.05, 0) is 28.9 Å². The van der Waals surface area contributed by atoms with Gasteiger partial charge < -0.3 is 0 Å². The highest BCUT2D eigenvalue weighted by atomic mass is 79.9. The van der Waals surface area contributed by atoms with Crippen molar-refractivity contribution in [3.63, 3.8) is 0 Å². The van der Waals surface area contributed by atoms with Gasteiger partial charge in [0.2, 0.25) is 0 Å². The molecule has 5 heteroatoms. The Morgan fingerprint density at radius 1 is 1.31 bits per heavy atom. The summed E-state index contributed by atoms with van der Waals surface area (Å²) in [6, 6.07) is 1.86. The largest absolute Gasteiger partial charge is 0.242 e. The fourth-order valence-corrected chi connectivity index (χ4v) is 1.97. The molecule has 0 fully saturated rings. The molecule has 0 aliphatic rings. The van der Waals surface area contributed by atoms with Gasteiger partial charge in [0.05, 0.1) is 5.69 Å². The Hall–Kier alpha value is -0.810. The lowest BCUT2D eigenvalue weighted by molar-refractivity contribution is 1.05. The number of hydrogen-bond donors (Lipinski definition) is 0. The zero-order valence-electron chi connectivity index (χ0n) is 6.86. The third-order valence-corrected chi connectivity index (χ3v) is 2.88. The highest BCUT2D eigenvalue weighted by molar-refractivity contribution is 9.11. The number of nitrogens with zero attached hydrogens (tertiary/aromatic N) is 3. The van der Waals surface area contributed by atoms with Gasteiger partial charge in [-0.25, -0.2) is 15.0 Å². The summed E-state index contributed by atoms with van der Waals surface area (Å²) in [5.74, 6) is 0.765. The molecule has 3 nitrogen and oxygen atoms in total. The maximum atomic E-state index is 4.27. The fraction of sp³-hybridized carbons (Fsp3) is 0.125. The Morgan fingerprint density at radius 3 is 2.77 bits per heavy atom. The molecule has 0 saturated carbocycles. The van der Waals surface area contributed by atoms with Crippen molar-refractivity contribution in [3.05, 3.63) is 27.4 Å². The SMILES string of the molecule is Cc1nccc(-c2csc(Br)n2)n1. The van der Waals surface area contributed by atoms with Crippen molar-refractivity contribution in [2.24, 2.45) is 0 Å². The maximum absolute atomic E-state index is 4.27. The van der Waals surface area contributed by atoms with E-state index in [9.17, 15) is 0 Å². The summed E-state index contributed by atoms with van der Waals surface area (Å²) in [4.78, 5) is 12.6. The molecule has 0 spiro atoms. The zero-order valence-corrected chi connectivity index (χ0v) is 9.26. The summed E-state index contributed by atoms with van der Waals surface area (Å²) in [7, 11) is 0. The first-order valence-electron chi connectivity index (χ1n) is 3.67. The van der Waals surface area contributed by atoms with Crippen molar-refractivity contribution < 1.29 is 0 Å². The first-order chi connectivity index (χ1) is 6.25. The summed E-state index contributed by atoms with van der Waals surface area (Å²) >= 11 is 4.86. The molecular formula is C8H6BrN3S. The van der Waals surface area contributed by atoms with Crippen LogP contribution in [0.1, 0.15) is 5.82 Å². The molecule has 66 valence electrons. The summed E-state index contributed by atoms with van der Waals surface area (Å²) in [5, 5.41) is 1.96. The predicted octanol–water partition coefficient (Wildman–Crippen LogP) is 2.67. The minimum absolute atomic E-state index is 0.765. The zero-order chi connectivity index (χ0) is 9.26. The second-order valence-electron chi connectivity index (χ2n) is 2.47. The smallest absolute Gasteiger partial charge is 0.159 e. The summed E-state index contributed by atoms with van der Waals surface area (Å²) in [6.07, 6.45) is 1.74. The van der Waals surface area contributed by atoms with E-state index in [1.165, 1.54) is 0 Å². The van der Waals surface area contributed by atoms with Crippen LogP contribution >= 0.6 is 27.3 Å². The van der Waals surface area contributed by atoms with Crippen LogP contribution in [-0.4, -0.2) is 15.0 Å². The van der Waals surface area contributed by atoms with Gasteiger partial charge >= 0.3 is 0 Å². The molecule has 0 saturated heterocycles. The molecule has 0 bridgehead atoms. The number of hydrogen-bond acceptors (Lipinski definition) is 4. The average molecular weight is 256 g/mol. The summed E-state index contributed by atoms with van der Waals surface area (Å²) < 4.78 is 0.874. The van der Waals surface area contributed by atoms with E-state index in [1.54, 1.807) is 17.5 Å². The Bertz CT molecular complexity index is 427. The third-order valence-electron chi connectivity index (χ3n) is 1.51. The van der Waals surface area contributed by atoms with Crippen molar-refractivity contribution in [1.82, 2.24) is 15.0 Å². The molecule has 0 amide bonds. The molecule has 0 unspecified atom stereocenters. The van der Waals surface area contributed by atoms with Gasteiger partial charge in [-0.2, -0.15) is 0 Å². The highest BCUT2D eigenvalue weighted by Crippen LogP contribution is 2.22. The third kappa shape index (κ3) is 1.92. The lowest BCUT2D eigenvalue weighted by Crippen LogP contribution is -1.89.